The molecule has 36 heavy (non-hydrogen) atoms. The smallest absolute Gasteiger partial charge is 0.337 e. The van der Waals surface area contributed by atoms with Crippen molar-refractivity contribution in [2.24, 2.45) is 0 Å². The molecule has 188 valence electrons. The van der Waals surface area contributed by atoms with Crippen LogP contribution in [0.3, 0.4) is 0 Å². The molecule has 7 nitrogen and oxygen atoms in total. The Hall–Kier alpha value is -3.87. The van der Waals surface area contributed by atoms with Crippen molar-refractivity contribution >= 4 is 23.4 Å². The van der Waals surface area contributed by atoms with Gasteiger partial charge in [0, 0.05) is 38.7 Å². The molecule has 0 N–H and O–H groups in total. The summed E-state index contributed by atoms with van der Waals surface area (Å²) in [5, 5.41) is 0. The number of carbonyl (C=O) groups is 3. The van der Waals surface area contributed by atoms with Gasteiger partial charge >= 0.3 is 5.97 Å². The van der Waals surface area contributed by atoms with E-state index in [0.29, 0.717) is 37.5 Å². The van der Waals surface area contributed by atoms with E-state index < -0.39 is 11.6 Å². The molecular weight excluding hydrogens is 456 g/mol. The number of ether oxygens (including phenoxy) is 2. The minimum atomic E-state index is -1.15. The third-order valence-corrected chi connectivity index (χ3v) is 6.61. The van der Waals surface area contributed by atoms with E-state index in [9.17, 15) is 14.4 Å². The minimum absolute atomic E-state index is 0.0877. The highest BCUT2D eigenvalue weighted by Gasteiger charge is 2.47. The minimum Gasteiger partial charge on any atom is -0.481 e. The number of allylic oxidation sites excluding steroid dienone is 1. The lowest BCUT2D eigenvalue weighted by molar-refractivity contribution is -0.152. The lowest BCUT2D eigenvalue weighted by Gasteiger charge is -2.38. The lowest BCUT2D eigenvalue weighted by Crippen LogP contribution is -2.55. The summed E-state index contributed by atoms with van der Waals surface area (Å²) in [6, 6.07) is 19.7. The molecule has 1 fully saturated rings. The van der Waals surface area contributed by atoms with Gasteiger partial charge in [0.15, 0.2) is 5.60 Å². The summed E-state index contributed by atoms with van der Waals surface area (Å²) in [6.07, 6.45) is 1.86. The first-order chi connectivity index (χ1) is 17.3. The van der Waals surface area contributed by atoms with Crippen LogP contribution in [0.1, 0.15) is 38.3 Å². The molecule has 2 aliphatic heterocycles. The van der Waals surface area contributed by atoms with Gasteiger partial charge in [-0.2, -0.15) is 0 Å². The van der Waals surface area contributed by atoms with Crippen molar-refractivity contribution in [2.45, 2.75) is 32.8 Å². The number of benzene rings is 2. The highest BCUT2D eigenvalue weighted by molar-refractivity contribution is 5.99. The Bertz CT molecular complexity index is 1140. The Morgan fingerprint density at radius 3 is 1.97 bits per heavy atom. The molecule has 2 aliphatic rings. The molecule has 2 heterocycles. The number of amides is 2. The van der Waals surface area contributed by atoms with Gasteiger partial charge in [0.1, 0.15) is 5.76 Å². The molecule has 0 bridgehead atoms. The molecule has 0 aliphatic carbocycles. The highest BCUT2D eigenvalue weighted by Crippen LogP contribution is 2.36. The summed E-state index contributed by atoms with van der Waals surface area (Å²) in [5.74, 6) is -0.285. The fraction of sp³-hybridized carbons (Fsp3) is 0.345. The summed E-state index contributed by atoms with van der Waals surface area (Å²) < 4.78 is 11.0. The average Bonchev–Trinajstić information content (AvgIpc) is 3.23. The summed E-state index contributed by atoms with van der Waals surface area (Å²) in [7, 11) is 0. The van der Waals surface area contributed by atoms with Crippen LogP contribution in [0.5, 0.6) is 0 Å². The number of hydrogen-bond donors (Lipinski definition) is 0. The second-order valence-electron chi connectivity index (χ2n) is 9.17. The molecule has 2 aromatic rings. The van der Waals surface area contributed by atoms with E-state index in [1.807, 2.05) is 60.7 Å². The molecule has 2 amide bonds. The van der Waals surface area contributed by atoms with E-state index in [0.717, 1.165) is 16.7 Å². The molecule has 2 aromatic carbocycles. The molecule has 7 heteroatoms. The Kier molecular flexibility index (Phi) is 7.58. The first-order valence-corrected chi connectivity index (χ1v) is 12.3. The number of rotatable bonds is 6. The summed E-state index contributed by atoms with van der Waals surface area (Å²) in [4.78, 5) is 42.3. The molecule has 1 saturated heterocycles. The molecule has 4 rings (SSSR count). The largest absolute Gasteiger partial charge is 0.481 e. The van der Waals surface area contributed by atoms with E-state index in [-0.39, 0.29) is 24.8 Å². The van der Waals surface area contributed by atoms with Crippen LogP contribution in [0.4, 0.5) is 0 Å². The van der Waals surface area contributed by atoms with Crippen LogP contribution >= 0.6 is 0 Å². The fourth-order valence-electron chi connectivity index (χ4n) is 4.70. The number of nitrogens with zero attached hydrogens (tertiary/aromatic N) is 2. The third-order valence-electron chi connectivity index (χ3n) is 6.61. The van der Waals surface area contributed by atoms with Crippen molar-refractivity contribution in [3.05, 3.63) is 89.2 Å². The standard InChI is InChI=1S/C29H32N2O5/c1-4-35-27(33)25-20-29(3,36-21(25)2)28(34)31-17-15-30(16-18-31)26(32)19-24(22-11-7-5-8-12-22)23-13-9-6-10-14-23/h5-14,19H,4,15-18,20H2,1-3H3. The molecule has 1 unspecified atom stereocenters. The lowest BCUT2D eigenvalue weighted by atomic mass is 9.96. The van der Waals surface area contributed by atoms with Gasteiger partial charge in [0.25, 0.3) is 5.91 Å². The quantitative estimate of drug-likeness (QED) is 0.457. The van der Waals surface area contributed by atoms with E-state index in [1.165, 1.54) is 0 Å². The molecule has 0 spiro atoms. The SMILES string of the molecule is CCOC(=O)C1=C(C)OC(C)(C(=O)N2CCN(C(=O)C=C(c3ccccc3)c3ccccc3)CC2)C1. The zero-order chi connectivity index (χ0) is 25.7. The van der Waals surface area contributed by atoms with Crippen LogP contribution in [-0.4, -0.2) is 66.0 Å². The van der Waals surface area contributed by atoms with Crippen LogP contribution in [0, 0.1) is 0 Å². The molecule has 1 atom stereocenters. The zero-order valence-corrected chi connectivity index (χ0v) is 21.0. The number of esters is 1. The Balaban J connectivity index is 1.42. The maximum Gasteiger partial charge on any atom is 0.337 e. The fourth-order valence-corrected chi connectivity index (χ4v) is 4.70. The second-order valence-corrected chi connectivity index (χ2v) is 9.17. The van der Waals surface area contributed by atoms with Gasteiger partial charge in [-0.1, -0.05) is 60.7 Å². The van der Waals surface area contributed by atoms with Crippen LogP contribution in [0.15, 0.2) is 78.1 Å². The summed E-state index contributed by atoms with van der Waals surface area (Å²) in [6.45, 7) is 7.04. The van der Waals surface area contributed by atoms with Crippen LogP contribution in [0.2, 0.25) is 0 Å². The van der Waals surface area contributed by atoms with Crippen molar-refractivity contribution in [3.63, 3.8) is 0 Å². The topological polar surface area (TPSA) is 76.2 Å². The zero-order valence-electron chi connectivity index (χ0n) is 21.0. The van der Waals surface area contributed by atoms with Gasteiger partial charge in [-0.3, -0.25) is 9.59 Å². The van der Waals surface area contributed by atoms with Gasteiger partial charge in [0.2, 0.25) is 5.91 Å². The van der Waals surface area contributed by atoms with Crippen LogP contribution in [-0.2, 0) is 23.9 Å². The first kappa shape index (κ1) is 25.2. The number of carbonyl (C=O) groups excluding carboxylic acids is 3. The normalized spacial score (nSPS) is 19.5. The van der Waals surface area contributed by atoms with Gasteiger partial charge in [-0.05, 0) is 37.5 Å². The van der Waals surface area contributed by atoms with E-state index >= 15 is 0 Å². The van der Waals surface area contributed by atoms with E-state index in [1.54, 1.807) is 36.6 Å². The summed E-state index contributed by atoms with van der Waals surface area (Å²) >= 11 is 0. The van der Waals surface area contributed by atoms with Crippen molar-refractivity contribution < 1.29 is 23.9 Å². The predicted octanol–water partition coefficient (Wildman–Crippen LogP) is 3.81. The van der Waals surface area contributed by atoms with Crippen molar-refractivity contribution in [3.8, 4) is 0 Å². The highest BCUT2D eigenvalue weighted by atomic mass is 16.5. The first-order valence-electron chi connectivity index (χ1n) is 12.3. The maximum absolute atomic E-state index is 13.3. The van der Waals surface area contributed by atoms with E-state index in [4.69, 9.17) is 9.47 Å². The van der Waals surface area contributed by atoms with Crippen LogP contribution in [0.25, 0.3) is 5.57 Å². The maximum atomic E-state index is 13.3. The van der Waals surface area contributed by atoms with Crippen LogP contribution < -0.4 is 0 Å². The average molecular weight is 489 g/mol. The Morgan fingerprint density at radius 1 is 0.917 bits per heavy atom. The molecule has 0 saturated carbocycles. The Morgan fingerprint density at radius 2 is 1.44 bits per heavy atom. The van der Waals surface area contributed by atoms with Gasteiger partial charge in [0.05, 0.1) is 12.2 Å². The van der Waals surface area contributed by atoms with Crippen molar-refractivity contribution in [1.82, 2.24) is 9.80 Å². The molecule has 0 aromatic heterocycles. The predicted molar refractivity (Wildman–Crippen MR) is 137 cm³/mol. The van der Waals surface area contributed by atoms with E-state index in [2.05, 4.69) is 0 Å². The van der Waals surface area contributed by atoms with Gasteiger partial charge in [-0.15, -0.1) is 0 Å². The summed E-state index contributed by atoms with van der Waals surface area (Å²) in [5.41, 5.74) is 2.06. The second kappa shape index (κ2) is 10.8. The van der Waals surface area contributed by atoms with Crippen molar-refractivity contribution in [2.75, 3.05) is 32.8 Å². The van der Waals surface area contributed by atoms with Gasteiger partial charge < -0.3 is 19.3 Å². The third kappa shape index (κ3) is 5.35. The number of piperazine rings is 1. The molecular formula is C29H32N2O5. The van der Waals surface area contributed by atoms with Gasteiger partial charge in [-0.25, -0.2) is 4.79 Å². The Labute approximate surface area is 212 Å². The molecule has 0 radical (unpaired) electrons. The monoisotopic (exact) mass is 488 g/mol. The van der Waals surface area contributed by atoms with Crippen molar-refractivity contribution in [1.29, 1.82) is 0 Å². The number of hydrogen-bond acceptors (Lipinski definition) is 5.